The molecule has 3 N–H and O–H groups in total. The Kier molecular flexibility index (Phi) is 6.96. The van der Waals surface area contributed by atoms with E-state index in [1.165, 1.54) is 0 Å². The van der Waals surface area contributed by atoms with Gasteiger partial charge in [-0.1, -0.05) is 6.92 Å². The highest BCUT2D eigenvalue weighted by Gasteiger charge is 2.22. The molecule has 0 aliphatic heterocycles. The molecule has 32 heavy (non-hydrogen) atoms. The van der Waals surface area contributed by atoms with E-state index < -0.39 is 5.24 Å². The van der Waals surface area contributed by atoms with Gasteiger partial charge in [-0.3, -0.25) is 4.79 Å². The van der Waals surface area contributed by atoms with Crippen molar-refractivity contribution < 1.29 is 9.53 Å². The molecule has 0 aromatic carbocycles. The summed E-state index contributed by atoms with van der Waals surface area (Å²) in [5.41, 5.74) is 1.46. The van der Waals surface area contributed by atoms with Crippen LogP contribution in [0.1, 0.15) is 28.9 Å². The SMILES string of the molecule is BC(B)(B)NC(=O)c1nnc(Nc2cc(CC)nc(C)n2)cc1Nc1ncccc1OC. The van der Waals surface area contributed by atoms with Gasteiger partial charge < -0.3 is 20.7 Å². The number of carbonyl (C=O) groups is 1. The fourth-order valence-electron chi connectivity index (χ4n) is 2.90. The minimum absolute atomic E-state index is 0.131. The summed E-state index contributed by atoms with van der Waals surface area (Å²) in [6.07, 6.45) is 2.41. The van der Waals surface area contributed by atoms with E-state index in [1.807, 2.05) is 43.5 Å². The molecule has 0 spiro atoms. The van der Waals surface area contributed by atoms with Gasteiger partial charge in [0.2, 0.25) is 0 Å². The van der Waals surface area contributed by atoms with Crippen LogP contribution in [0.15, 0.2) is 30.5 Å². The Bertz CT molecular complexity index is 1120. The van der Waals surface area contributed by atoms with Crippen LogP contribution in [0.5, 0.6) is 5.75 Å². The third-order valence-electron chi connectivity index (χ3n) is 4.25. The minimum Gasteiger partial charge on any atom is -0.493 e. The second-order valence-electron chi connectivity index (χ2n) is 8.15. The van der Waals surface area contributed by atoms with E-state index in [1.54, 1.807) is 31.5 Å². The number of methoxy groups -OCH3 is 1. The van der Waals surface area contributed by atoms with Gasteiger partial charge in [-0.05, 0) is 30.7 Å². The highest BCUT2D eigenvalue weighted by Crippen LogP contribution is 2.28. The molecule has 0 unspecified atom stereocenters. The topological polar surface area (TPSA) is 127 Å². The van der Waals surface area contributed by atoms with Crippen molar-refractivity contribution in [3.05, 3.63) is 47.7 Å². The van der Waals surface area contributed by atoms with Crippen LogP contribution in [0.25, 0.3) is 0 Å². The number of aryl methyl sites for hydroxylation is 2. The molecular formula is C19H25B3N8O2. The summed E-state index contributed by atoms with van der Waals surface area (Å²) >= 11 is 0. The second-order valence-corrected chi connectivity index (χ2v) is 8.15. The number of ether oxygens (including phenoxy) is 1. The van der Waals surface area contributed by atoms with Gasteiger partial charge in [-0.25, -0.2) is 15.0 Å². The van der Waals surface area contributed by atoms with E-state index in [2.05, 4.69) is 41.1 Å². The van der Waals surface area contributed by atoms with Crippen LogP contribution in [0, 0.1) is 6.92 Å². The Morgan fingerprint density at radius 2 is 1.91 bits per heavy atom. The summed E-state index contributed by atoms with van der Waals surface area (Å²) in [7, 11) is 7.24. The van der Waals surface area contributed by atoms with E-state index in [9.17, 15) is 4.79 Å². The molecule has 10 nitrogen and oxygen atoms in total. The van der Waals surface area contributed by atoms with Gasteiger partial charge in [-0.15, -0.1) is 10.2 Å². The number of nitrogens with one attached hydrogen (secondary N) is 3. The number of pyridine rings is 1. The molecule has 0 saturated heterocycles. The van der Waals surface area contributed by atoms with Crippen LogP contribution in [0.4, 0.5) is 23.1 Å². The van der Waals surface area contributed by atoms with Gasteiger partial charge in [0, 0.05) is 24.0 Å². The number of nitrogens with zero attached hydrogens (tertiary/aromatic N) is 5. The Hall–Kier alpha value is -3.63. The zero-order valence-electron chi connectivity index (χ0n) is 19.1. The zero-order valence-corrected chi connectivity index (χ0v) is 19.1. The first-order valence-corrected chi connectivity index (χ1v) is 10.3. The summed E-state index contributed by atoms with van der Waals surface area (Å²) in [5.74, 6) is 2.27. The summed E-state index contributed by atoms with van der Waals surface area (Å²) in [5, 5.41) is 17.1. The van der Waals surface area contributed by atoms with Crippen molar-refractivity contribution in [3.8, 4) is 5.75 Å². The smallest absolute Gasteiger partial charge is 0.272 e. The molecule has 3 heterocycles. The quantitative estimate of drug-likeness (QED) is 0.397. The monoisotopic (exact) mass is 430 g/mol. The zero-order chi connectivity index (χ0) is 23.3. The molecule has 0 atom stereocenters. The summed E-state index contributed by atoms with van der Waals surface area (Å²) in [4.78, 5) is 26.0. The van der Waals surface area contributed by atoms with Crippen molar-refractivity contribution in [1.82, 2.24) is 30.5 Å². The van der Waals surface area contributed by atoms with Crippen LogP contribution in [-0.4, -0.2) is 66.9 Å². The van der Waals surface area contributed by atoms with Gasteiger partial charge in [-0.2, -0.15) is 0 Å². The van der Waals surface area contributed by atoms with Crippen LogP contribution >= 0.6 is 0 Å². The summed E-state index contributed by atoms with van der Waals surface area (Å²) < 4.78 is 5.37. The molecule has 0 saturated carbocycles. The second kappa shape index (κ2) is 9.67. The first-order chi connectivity index (χ1) is 15.2. The fraction of sp³-hybridized carbons (Fsp3) is 0.263. The summed E-state index contributed by atoms with van der Waals surface area (Å²) in [6.45, 7) is 3.85. The molecule has 0 bridgehead atoms. The number of carbonyl (C=O) groups excluding carboxylic acids is 1. The van der Waals surface area contributed by atoms with Crippen LogP contribution < -0.4 is 20.7 Å². The predicted octanol–water partition coefficient (Wildman–Crippen LogP) is -0.731. The number of hydrogen-bond donors (Lipinski definition) is 3. The van der Waals surface area contributed by atoms with Crippen molar-refractivity contribution in [1.29, 1.82) is 0 Å². The van der Waals surface area contributed by atoms with Crippen molar-refractivity contribution in [3.63, 3.8) is 0 Å². The van der Waals surface area contributed by atoms with Crippen molar-refractivity contribution >= 4 is 52.6 Å². The maximum atomic E-state index is 12.9. The average Bonchev–Trinajstić information content (AvgIpc) is 2.72. The van der Waals surface area contributed by atoms with Gasteiger partial charge in [0.05, 0.1) is 12.8 Å². The molecule has 162 valence electrons. The number of amides is 1. The van der Waals surface area contributed by atoms with Crippen molar-refractivity contribution in [2.45, 2.75) is 25.5 Å². The molecule has 0 aliphatic rings. The molecule has 1 amide bonds. The van der Waals surface area contributed by atoms with Gasteiger partial charge in [0.1, 0.15) is 35.2 Å². The average molecular weight is 430 g/mol. The Labute approximate surface area is 189 Å². The minimum atomic E-state index is -0.440. The molecule has 0 aliphatic carbocycles. The van der Waals surface area contributed by atoms with E-state index in [4.69, 9.17) is 4.74 Å². The van der Waals surface area contributed by atoms with Gasteiger partial charge in [0.25, 0.3) is 5.91 Å². The maximum Gasteiger partial charge on any atom is 0.272 e. The first-order valence-electron chi connectivity index (χ1n) is 10.3. The standard InChI is InChI=1S/C19H25B3N8O2/c1-4-11-8-14(25-10(2)24-11)27-15-9-12(26-17-13(32-3)6-5-7-23-17)16(30-29-15)18(31)28-19(20,21)22/h5-9H,4,20-22H2,1-3H3,(H,28,31)(H2,23,24,25,26,27,29). The number of aromatic nitrogens is 5. The van der Waals surface area contributed by atoms with Crippen LogP contribution in [-0.2, 0) is 6.42 Å². The van der Waals surface area contributed by atoms with E-state index in [0.717, 1.165) is 12.1 Å². The van der Waals surface area contributed by atoms with E-state index >= 15 is 0 Å². The molecular weight excluding hydrogens is 405 g/mol. The highest BCUT2D eigenvalue weighted by molar-refractivity contribution is 6.60. The summed E-state index contributed by atoms with van der Waals surface area (Å²) in [6, 6.07) is 7.07. The number of rotatable bonds is 8. The molecule has 13 heteroatoms. The van der Waals surface area contributed by atoms with Crippen LogP contribution in [0.3, 0.4) is 0 Å². The molecule has 3 aromatic heterocycles. The third kappa shape index (κ3) is 5.96. The largest absolute Gasteiger partial charge is 0.493 e. The first kappa shape index (κ1) is 23.0. The normalized spacial score (nSPS) is 11.0. The number of anilines is 4. The van der Waals surface area contributed by atoms with Gasteiger partial charge in [0.15, 0.2) is 23.1 Å². The van der Waals surface area contributed by atoms with Crippen molar-refractivity contribution in [2.75, 3.05) is 17.7 Å². The molecule has 0 fully saturated rings. The Morgan fingerprint density at radius 1 is 1.12 bits per heavy atom. The lowest BCUT2D eigenvalue weighted by atomic mass is 9.49. The van der Waals surface area contributed by atoms with E-state index in [-0.39, 0.29) is 11.6 Å². The maximum absolute atomic E-state index is 12.9. The van der Waals surface area contributed by atoms with E-state index in [0.29, 0.717) is 34.7 Å². The number of hydrogen-bond acceptors (Lipinski definition) is 9. The van der Waals surface area contributed by atoms with Gasteiger partial charge >= 0.3 is 0 Å². The molecule has 3 aromatic rings. The fourth-order valence-corrected chi connectivity index (χ4v) is 2.90. The van der Waals surface area contributed by atoms with Crippen LogP contribution in [0.2, 0.25) is 0 Å². The molecule has 0 radical (unpaired) electrons. The van der Waals surface area contributed by atoms with Crippen molar-refractivity contribution in [2.24, 2.45) is 0 Å². The predicted molar refractivity (Wildman–Crippen MR) is 131 cm³/mol. The lowest BCUT2D eigenvalue weighted by Crippen LogP contribution is -2.50. The highest BCUT2D eigenvalue weighted by atomic mass is 16.5. The third-order valence-corrected chi connectivity index (χ3v) is 4.25. The Morgan fingerprint density at radius 3 is 2.59 bits per heavy atom. The Balaban J connectivity index is 2.00. The molecule has 3 rings (SSSR count). The lowest BCUT2D eigenvalue weighted by molar-refractivity contribution is 0.0947. The lowest BCUT2D eigenvalue weighted by Gasteiger charge is -2.21.